The van der Waals surface area contributed by atoms with Gasteiger partial charge in [0.1, 0.15) is 11.8 Å². The molecule has 162 valence electrons. The Balaban J connectivity index is 1.80. The molecule has 1 amide bonds. The molecule has 31 heavy (non-hydrogen) atoms. The molecule has 0 saturated heterocycles. The van der Waals surface area contributed by atoms with Gasteiger partial charge in [-0.1, -0.05) is 24.6 Å². The topological polar surface area (TPSA) is 130 Å². The number of aliphatic hydroxyl groups is 1. The molecule has 3 atom stereocenters. The van der Waals surface area contributed by atoms with Crippen LogP contribution in [-0.4, -0.2) is 37.9 Å². The van der Waals surface area contributed by atoms with Crippen LogP contribution in [0.4, 0.5) is 5.13 Å². The standard InChI is InChI=1S/C21H23ClN6O2S/c1-11(19-18(20(24)30)26-21(31-19)25-12(2)13(3)29)10-28-7-6-17(27-28)14-4-5-15(9-23)16(22)8-14/h4-8,11-13,29H,10H2,1-3H3,(H2,24,30)(H,25,26)/t11-,12?,13?/m1/s1. The number of nitrogens with one attached hydrogen (secondary N) is 1. The van der Waals surface area contributed by atoms with E-state index in [9.17, 15) is 9.90 Å². The molecule has 0 radical (unpaired) electrons. The van der Waals surface area contributed by atoms with E-state index in [1.807, 2.05) is 32.2 Å². The van der Waals surface area contributed by atoms with Crippen LogP contribution >= 0.6 is 22.9 Å². The summed E-state index contributed by atoms with van der Waals surface area (Å²) in [6.07, 6.45) is 1.28. The highest BCUT2D eigenvalue weighted by molar-refractivity contribution is 7.16. The normalized spacial score (nSPS) is 13.9. The largest absolute Gasteiger partial charge is 0.391 e. The van der Waals surface area contributed by atoms with E-state index in [0.29, 0.717) is 22.3 Å². The minimum atomic E-state index is -0.593. The molecule has 8 nitrogen and oxygen atoms in total. The minimum Gasteiger partial charge on any atom is -0.391 e. The van der Waals surface area contributed by atoms with E-state index in [4.69, 9.17) is 22.6 Å². The molecule has 3 aromatic rings. The number of rotatable bonds is 8. The van der Waals surface area contributed by atoms with E-state index >= 15 is 0 Å². The molecule has 0 aliphatic rings. The van der Waals surface area contributed by atoms with Gasteiger partial charge >= 0.3 is 0 Å². The van der Waals surface area contributed by atoms with Crippen LogP contribution in [0.2, 0.25) is 5.02 Å². The van der Waals surface area contributed by atoms with Crippen molar-refractivity contribution in [2.45, 2.75) is 45.4 Å². The molecular formula is C21H23ClN6O2S. The average molecular weight is 459 g/mol. The maximum atomic E-state index is 11.9. The van der Waals surface area contributed by atoms with Crippen molar-refractivity contribution in [1.29, 1.82) is 5.26 Å². The van der Waals surface area contributed by atoms with E-state index in [1.54, 1.807) is 29.8 Å². The lowest BCUT2D eigenvalue weighted by Gasteiger charge is -2.15. The molecule has 0 bridgehead atoms. The third-order valence-corrected chi connectivity index (χ3v) is 6.43. The summed E-state index contributed by atoms with van der Waals surface area (Å²) in [6, 6.07) is 8.86. The second-order valence-corrected chi connectivity index (χ2v) is 8.84. The smallest absolute Gasteiger partial charge is 0.268 e. The zero-order valence-corrected chi connectivity index (χ0v) is 18.9. The highest BCUT2D eigenvalue weighted by Crippen LogP contribution is 2.32. The number of halogens is 1. The van der Waals surface area contributed by atoms with Crippen LogP contribution in [0.5, 0.6) is 0 Å². The van der Waals surface area contributed by atoms with Crippen LogP contribution < -0.4 is 11.1 Å². The number of thiazole rings is 1. The summed E-state index contributed by atoms with van der Waals surface area (Å²) in [7, 11) is 0. The minimum absolute atomic E-state index is 0.0743. The maximum Gasteiger partial charge on any atom is 0.268 e. The van der Waals surface area contributed by atoms with E-state index < -0.39 is 12.0 Å². The summed E-state index contributed by atoms with van der Waals surface area (Å²) < 4.78 is 1.78. The lowest BCUT2D eigenvalue weighted by atomic mass is 10.1. The summed E-state index contributed by atoms with van der Waals surface area (Å²) in [5, 5.41) is 27.3. The Kier molecular flexibility index (Phi) is 6.95. The van der Waals surface area contributed by atoms with Gasteiger partial charge < -0.3 is 16.2 Å². The molecule has 0 saturated carbocycles. The van der Waals surface area contributed by atoms with Crippen LogP contribution in [0.15, 0.2) is 30.5 Å². The fraction of sp³-hybridized carbons (Fsp3) is 0.333. The number of benzene rings is 1. The highest BCUT2D eigenvalue weighted by atomic mass is 35.5. The van der Waals surface area contributed by atoms with E-state index in [-0.39, 0.29) is 17.7 Å². The number of carbonyl (C=O) groups is 1. The third-order valence-electron chi connectivity index (χ3n) is 4.90. The van der Waals surface area contributed by atoms with E-state index in [0.717, 1.165) is 16.1 Å². The van der Waals surface area contributed by atoms with Crippen LogP contribution in [0.1, 0.15) is 47.6 Å². The average Bonchev–Trinajstić information content (AvgIpc) is 3.35. The predicted molar refractivity (Wildman–Crippen MR) is 121 cm³/mol. The number of nitriles is 1. The third kappa shape index (κ3) is 5.22. The Bertz CT molecular complexity index is 1130. The molecule has 0 fully saturated rings. The van der Waals surface area contributed by atoms with Crippen molar-refractivity contribution in [2.75, 3.05) is 5.32 Å². The van der Waals surface area contributed by atoms with Gasteiger partial charge in [-0.3, -0.25) is 9.48 Å². The number of hydrogen-bond acceptors (Lipinski definition) is 7. The number of aromatic nitrogens is 3. The molecule has 2 heterocycles. The number of anilines is 1. The first kappa shape index (κ1) is 22.7. The molecule has 4 N–H and O–H groups in total. The maximum absolute atomic E-state index is 11.9. The van der Waals surface area contributed by atoms with Crippen LogP contribution in [-0.2, 0) is 6.54 Å². The SMILES string of the molecule is CC(O)C(C)Nc1nc(C(N)=O)c([C@H](C)Cn2ccc(-c3ccc(C#N)c(Cl)c3)n2)s1. The van der Waals surface area contributed by atoms with E-state index in [2.05, 4.69) is 15.4 Å². The number of nitrogens with two attached hydrogens (primary N) is 1. The number of primary amides is 1. The predicted octanol–water partition coefficient (Wildman–Crippen LogP) is 3.62. The fourth-order valence-electron chi connectivity index (χ4n) is 2.97. The van der Waals surface area contributed by atoms with Crippen molar-refractivity contribution in [3.63, 3.8) is 0 Å². The number of carbonyl (C=O) groups excluding carboxylic acids is 1. The fourth-order valence-corrected chi connectivity index (χ4v) is 4.30. The van der Waals surface area contributed by atoms with Gasteiger partial charge in [0, 0.05) is 29.1 Å². The van der Waals surface area contributed by atoms with Crippen molar-refractivity contribution in [3.8, 4) is 17.3 Å². The van der Waals surface area contributed by atoms with E-state index in [1.165, 1.54) is 11.3 Å². The molecule has 0 aliphatic carbocycles. The van der Waals surface area contributed by atoms with Crippen molar-refractivity contribution in [2.24, 2.45) is 5.73 Å². The number of amides is 1. The summed E-state index contributed by atoms with van der Waals surface area (Å²) >= 11 is 7.47. The van der Waals surface area contributed by atoms with Gasteiger partial charge in [0.05, 0.1) is 28.4 Å². The summed E-state index contributed by atoms with van der Waals surface area (Å²) in [5.74, 6) is -0.668. The molecule has 2 aromatic heterocycles. The molecule has 1 aromatic carbocycles. The number of hydrogen-bond donors (Lipinski definition) is 3. The summed E-state index contributed by atoms with van der Waals surface area (Å²) in [4.78, 5) is 17.0. The molecule has 2 unspecified atom stereocenters. The Morgan fingerprint density at radius 1 is 1.39 bits per heavy atom. The Morgan fingerprint density at radius 3 is 2.74 bits per heavy atom. The van der Waals surface area contributed by atoms with Crippen molar-refractivity contribution >= 4 is 34.0 Å². The van der Waals surface area contributed by atoms with Crippen molar-refractivity contribution < 1.29 is 9.90 Å². The lowest BCUT2D eigenvalue weighted by Crippen LogP contribution is -2.27. The van der Waals surface area contributed by atoms with Crippen LogP contribution in [0.3, 0.4) is 0 Å². The van der Waals surface area contributed by atoms with Crippen molar-refractivity contribution in [1.82, 2.24) is 14.8 Å². The first-order valence-electron chi connectivity index (χ1n) is 9.68. The highest BCUT2D eigenvalue weighted by Gasteiger charge is 2.23. The van der Waals surface area contributed by atoms with Crippen LogP contribution in [0, 0.1) is 11.3 Å². The first-order valence-corrected chi connectivity index (χ1v) is 10.9. The number of nitrogens with zero attached hydrogens (tertiary/aromatic N) is 4. The van der Waals surface area contributed by atoms with Gasteiger partial charge in [0.2, 0.25) is 0 Å². The molecule has 0 aliphatic heterocycles. The second-order valence-electron chi connectivity index (χ2n) is 7.40. The Labute approximate surface area is 189 Å². The first-order chi connectivity index (χ1) is 14.7. The molecule has 10 heteroatoms. The van der Waals surface area contributed by atoms with Gasteiger partial charge in [0.25, 0.3) is 5.91 Å². The summed E-state index contributed by atoms with van der Waals surface area (Å²) in [5.41, 5.74) is 7.72. The van der Waals surface area contributed by atoms with Gasteiger partial charge in [-0.15, -0.1) is 11.3 Å². The summed E-state index contributed by atoms with van der Waals surface area (Å²) in [6.45, 7) is 6.00. The zero-order chi connectivity index (χ0) is 22.7. The van der Waals surface area contributed by atoms with Crippen molar-refractivity contribution in [3.05, 3.63) is 51.6 Å². The lowest BCUT2D eigenvalue weighted by molar-refractivity contribution is 0.0995. The van der Waals surface area contributed by atoms with Gasteiger partial charge in [-0.25, -0.2) is 4.98 Å². The Hall–Kier alpha value is -2.93. The van der Waals surface area contributed by atoms with Crippen LogP contribution in [0.25, 0.3) is 11.3 Å². The quantitative estimate of drug-likeness (QED) is 0.472. The second kappa shape index (κ2) is 9.47. The molecule has 0 spiro atoms. The van der Waals surface area contributed by atoms with Gasteiger partial charge in [0.15, 0.2) is 5.13 Å². The van der Waals surface area contributed by atoms with Gasteiger partial charge in [-0.2, -0.15) is 10.4 Å². The monoisotopic (exact) mass is 458 g/mol. The van der Waals surface area contributed by atoms with Gasteiger partial charge in [-0.05, 0) is 32.0 Å². The Morgan fingerprint density at radius 2 is 2.13 bits per heavy atom. The number of aliphatic hydroxyl groups excluding tert-OH is 1. The molecular weight excluding hydrogens is 436 g/mol. The molecule has 3 rings (SSSR count). The zero-order valence-electron chi connectivity index (χ0n) is 17.3.